The molecule has 1 aromatic carbocycles. The van der Waals surface area contributed by atoms with Crippen molar-refractivity contribution in [2.75, 3.05) is 6.61 Å². The number of rotatable bonds is 4. The van der Waals surface area contributed by atoms with E-state index in [4.69, 9.17) is 22.2 Å². The molecule has 2 heterocycles. The molecular formula is C16H18ClN3O. The van der Waals surface area contributed by atoms with Crippen molar-refractivity contribution in [2.45, 2.75) is 25.8 Å². The van der Waals surface area contributed by atoms with Crippen LogP contribution in [-0.2, 0) is 12.8 Å². The first-order chi connectivity index (χ1) is 10.2. The molecule has 1 atom stereocenters. The van der Waals surface area contributed by atoms with Gasteiger partial charge in [-0.2, -0.15) is 0 Å². The topological polar surface area (TPSA) is 60.2 Å². The van der Waals surface area contributed by atoms with Gasteiger partial charge in [0.1, 0.15) is 5.75 Å². The first kappa shape index (κ1) is 14.3. The summed E-state index contributed by atoms with van der Waals surface area (Å²) in [5.74, 6) is 6.71. The molecule has 110 valence electrons. The third kappa shape index (κ3) is 2.88. The zero-order valence-corrected chi connectivity index (χ0v) is 12.7. The van der Waals surface area contributed by atoms with Gasteiger partial charge >= 0.3 is 0 Å². The molecule has 2 aromatic rings. The number of nitrogens with zero attached hydrogens (tertiary/aromatic N) is 1. The molecular weight excluding hydrogens is 286 g/mol. The molecule has 1 aliphatic heterocycles. The average molecular weight is 304 g/mol. The van der Waals surface area contributed by atoms with Gasteiger partial charge in [0.25, 0.3) is 0 Å². The molecule has 0 fully saturated rings. The van der Waals surface area contributed by atoms with Crippen molar-refractivity contribution in [3.63, 3.8) is 0 Å². The summed E-state index contributed by atoms with van der Waals surface area (Å²) in [6.07, 6.45) is 3.41. The minimum Gasteiger partial charge on any atom is -0.493 e. The number of nitrogens with one attached hydrogen (secondary N) is 1. The quantitative estimate of drug-likeness (QED) is 0.673. The molecule has 0 saturated carbocycles. The van der Waals surface area contributed by atoms with Crippen LogP contribution in [-0.4, -0.2) is 11.6 Å². The van der Waals surface area contributed by atoms with Crippen molar-refractivity contribution < 1.29 is 4.74 Å². The van der Waals surface area contributed by atoms with Gasteiger partial charge < -0.3 is 4.74 Å². The molecule has 1 aromatic heterocycles. The van der Waals surface area contributed by atoms with Crippen LogP contribution in [0.1, 0.15) is 28.4 Å². The minimum atomic E-state index is -0.0227. The highest BCUT2D eigenvalue weighted by molar-refractivity contribution is 6.30. The number of aromatic nitrogens is 1. The van der Waals surface area contributed by atoms with Crippen LogP contribution in [0.5, 0.6) is 5.75 Å². The maximum absolute atomic E-state index is 6.21. The first-order valence-electron chi connectivity index (χ1n) is 7.01. The Bertz CT molecular complexity index is 660. The Balaban J connectivity index is 1.94. The van der Waals surface area contributed by atoms with Crippen molar-refractivity contribution in [2.24, 2.45) is 5.84 Å². The lowest BCUT2D eigenvalue weighted by Crippen LogP contribution is -2.30. The summed E-state index contributed by atoms with van der Waals surface area (Å²) in [6.45, 7) is 2.70. The minimum absolute atomic E-state index is 0.0227. The Morgan fingerprint density at radius 3 is 3.10 bits per heavy atom. The van der Waals surface area contributed by atoms with E-state index in [0.29, 0.717) is 6.42 Å². The number of aryl methyl sites for hydroxylation is 1. The Hall–Kier alpha value is -1.62. The van der Waals surface area contributed by atoms with Gasteiger partial charge in [-0.3, -0.25) is 16.3 Å². The molecule has 3 N–H and O–H groups in total. The highest BCUT2D eigenvalue weighted by atomic mass is 35.5. The van der Waals surface area contributed by atoms with Gasteiger partial charge in [0.2, 0.25) is 0 Å². The van der Waals surface area contributed by atoms with Crippen molar-refractivity contribution in [3.05, 3.63) is 57.9 Å². The molecule has 1 aliphatic rings. The number of hydrogen-bond donors (Lipinski definition) is 2. The predicted molar refractivity (Wildman–Crippen MR) is 83.4 cm³/mol. The van der Waals surface area contributed by atoms with Crippen LogP contribution in [0.4, 0.5) is 0 Å². The second kappa shape index (κ2) is 6.02. The van der Waals surface area contributed by atoms with Gasteiger partial charge in [-0.05, 0) is 48.2 Å². The molecule has 0 aliphatic carbocycles. The number of fused-ring (bicyclic) bond motifs is 1. The summed E-state index contributed by atoms with van der Waals surface area (Å²) in [4.78, 5) is 4.33. The molecule has 0 amide bonds. The van der Waals surface area contributed by atoms with Gasteiger partial charge in [0.15, 0.2) is 0 Å². The van der Waals surface area contributed by atoms with Crippen LogP contribution in [0.2, 0.25) is 5.02 Å². The van der Waals surface area contributed by atoms with Gasteiger partial charge in [-0.1, -0.05) is 17.7 Å². The van der Waals surface area contributed by atoms with E-state index in [2.05, 4.69) is 10.4 Å². The monoisotopic (exact) mass is 303 g/mol. The number of halogens is 1. The fourth-order valence-electron chi connectivity index (χ4n) is 2.84. The second-order valence-electron chi connectivity index (χ2n) is 5.25. The summed E-state index contributed by atoms with van der Waals surface area (Å²) in [5, 5.41) is 0.743. The SMILES string of the molecule is Cc1ncccc1C(Cc1cc(Cl)cc2c1OCC2)NN. The van der Waals surface area contributed by atoms with Crippen LogP contribution in [0, 0.1) is 6.92 Å². The lowest BCUT2D eigenvalue weighted by atomic mass is 9.96. The summed E-state index contributed by atoms with van der Waals surface area (Å²) < 4.78 is 5.75. The maximum atomic E-state index is 6.21. The van der Waals surface area contributed by atoms with Crippen molar-refractivity contribution in [1.82, 2.24) is 10.4 Å². The Morgan fingerprint density at radius 2 is 2.33 bits per heavy atom. The van der Waals surface area contributed by atoms with Crippen LogP contribution >= 0.6 is 11.6 Å². The van der Waals surface area contributed by atoms with E-state index in [1.165, 1.54) is 5.56 Å². The fourth-order valence-corrected chi connectivity index (χ4v) is 3.10. The highest BCUT2D eigenvalue weighted by Gasteiger charge is 2.21. The van der Waals surface area contributed by atoms with Crippen molar-refractivity contribution in [3.8, 4) is 5.75 Å². The van der Waals surface area contributed by atoms with E-state index in [1.54, 1.807) is 6.20 Å². The van der Waals surface area contributed by atoms with Gasteiger partial charge in [0.05, 0.1) is 12.6 Å². The lowest BCUT2D eigenvalue weighted by molar-refractivity contribution is 0.351. The molecule has 0 radical (unpaired) electrons. The molecule has 21 heavy (non-hydrogen) atoms. The van der Waals surface area contributed by atoms with Gasteiger partial charge in [-0.15, -0.1) is 0 Å². The third-order valence-corrected chi connectivity index (χ3v) is 4.09. The van der Waals surface area contributed by atoms with E-state index in [1.807, 2.05) is 31.2 Å². The summed E-state index contributed by atoms with van der Waals surface area (Å²) in [6, 6.07) is 7.88. The average Bonchev–Trinajstić information content (AvgIpc) is 2.93. The number of hydrazine groups is 1. The summed E-state index contributed by atoms with van der Waals surface area (Å²) in [7, 11) is 0. The molecule has 0 bridgehead atoms. The van der Waals surface area contributed by atoms with E-state index >= 15 is 0 Å². The summed E-state index contributed by atoms with van der Waals surface area (Å²) in [5.41, 5.74) is 7.20. The van der Waals surface area contributed by atoms with E-state index in [0.717, 1.165) is 40.6 Å². The van der Waals surface area contributed by atoms with Gasteiger partial charge in [-0.25, -0.2) is 0 Å². The van der Waals surface area contributed by atoms with Crippen LogP contribution in [0.25, 0.3) is 0 Å². The Labute approximate surface area is 129 Å². The third-order valence-electron chi connectivity index (χ3n) is 3.87. The van der Waals surface area contributed by atoms with E-state index in [-0.39, 0.29) is 6.04 Å². The molecule has 0 spiro atoms. The van der Waals surface area contributed by atoms with Gasteiger partial charge in [0, 0.05) is 23.3 Å². The molecule has 3 rings (SSSR count). The highest BCUT2D eigenvalue weighted by Crippen LogP contribution is 2.35. The molecule has 1 unspecified atom stereocenters. The van der Waals surface area contributed by atoms with E-state index < -0.39 is 0 Å². The number of nitrogens with two attached hydrogens (primary N) is 1. The number of ether oxygens (including phenoxy) is 1. The van der Waals surface area contributed by atoms with Crippen LogP contribution in [0.15, 0.2) is 30.5 Å². The standard InChI is InChI=1S/C16H18ClN3O/c1-10-14(3-2-5-19-10)15(20-18)9-12-8-13(17)7-11-4-6-21-16(11)12/h2-3,5,7-8,15,20H,4,6,9,18H2,1H3. The summed E-state index contributed by atoms with van der Waals surface area (Å²) >= 11 is 6.21. The lowest BCUT2D eigenvalue weighted by Gasteiger charge is -2.19. The number of pyridine rings is 1. The fraction of sp³-hybridized carbons (Fsp3) is 0.312. The van der Waals surface area contributed by atoms with Crippen molar-refractivity contribution >= 4 is 11.6 Å². The number of benzene rings is 1. The zero-order valence-electron chi connectivity index (χ0n) is 11.9. The molecule has 4 nitrogen and oxygen atoms in total. The van der Waals surface area contributed by atoms with Crippen LogP contribution in [0.3, 0.4) is 0 Å². The number of hydrogen-bond acceptors (Lipinski definition) is 4. The van der Waals surface area contributed by atoms with E-state index in [9.17, 15) is 0 Å². The predicted octanol–water partition coefficient (Wildman–Crippen LogP) is 2.73. The molecule has 0 saturated heterocycles. The Morgan fingerprint density at radius 1 is 1.48 bits per heavy atom. The van der Waals surface area contributed by atoms with Crippen LogP contribution < -0.4 is 16.0 Å². The normalized spacial score (nSPS) is 14.6. The Kier molecular flexibility index (Phi) is 4.10. The van der Waals surface area contributed by atoms with Crippen molar-refractivity contribution in [1.29, 1.82) is 0 Å². The molecule has 5 heteroatoms. The second-order valence-corrected chi connectivity index (χ2v) is 5.69. The zero-order chi connectivity index (χ0) is 14.8. The maximum Gasteiger partial charge on any atom is 0.125 e. The first-order valence-corrected chi connectivity index (χ1v) is 7.38. The smallest absolute Gasteiger partial charge is 0.125 e. The largest absolute Gasteiger partial charge is 0.493 e.